The van der Waals surface area contributed by atoms with E-state index in [1.165, 1.54) is 11.1 Å². The smallest absolute Gasteiger partial charge is 0.126 e. The van der Waals surface area contributed by atoms with Gasteiger partial charge >= 0.3 is 0 Å². The van der Waals surface area contributed by atoms with Crippen LogP contribution in [0.2, 0.25) is 0 Å². The zero-order chi connectivity index (χ0) is 10.5. The highest BCUT2D eigenvalue weighted by molar-refractivity contribution is 5.65. The summed E-state index contributed by atoms with van der Waals surface area (Å²) in [5.74, 6) is 0.973. The number of hydrogen-bond donors (Lipinski definition) is 0. The van der Waals surface area contributed by atoms with Crippen LogP contribution in [0.25, 0.3) is 6.08 Å². The molecule has 0 amide bonds. The van der Waals surface area contributed by atoms with Crippen molar-refractivity contribution in [3.8, 4) is 5.75 Å². The van der Waals surface area contributed by atoms with E-state index in [1.807, 2.05) is 19.1 Å². The highest BCUT2D eigenvalue weighted by atomic mass is 16.5. The summed E-state index contributed by atoms with van der Waals surface area (Å²) < 4.78 is 10.9. The predicted octanol–water partition coefficient (Wildman–Crippen LogP) is 2.67. The van der Waals surface area contributed by atoms with E-state index in [0.29, 0.717) is 13.2 Å². The van der Waals surface area contributed by atoms with Crippen LogP contribution < -0.4 is 4.74 Å². The van der Waals surface area contributed by atoms with E-state index in [9.17, 15) is 0 Å². The maximum absolute atomic E-state index is 5.67. The minimum Gasteiger partial charge on any atom is -0.491 e. The predicted molar refractivity (Wildman–Crippen MR) is 61.2 cm³/mol. The Morgan fingerprint density at radius 3 is 3.07 bits per heavy atom. The maximum Gasteiger partial charge on any atom is 0.126 e. The summed E-state index contributed by atoms with van der Waals surface area (Å²) in [6.07, 6.45) is 5.32. The Hall–Kier alpha value is -1.28. The molecule has 0 heterocycles. The number of hydrogen-bond acceptors (Lipinski definition) is 2. The van der Waals surface area contributed by atoms with Gasteiger partial charge in [0.25, 0.3) is 0 Å². The van der Waals surface area contributed by atoms with E-state index >= 15 is 0 Å². The summed E-state index contributed by atoms with van der Waals surface area (Å²) in [6, 6.07) is 6.20. The Morgan fingerprint density at radius 1 is 1.27 bits per heavy atom. The van der Waals surface area contributed by atoms with Crippen molar-refractivity contribution in [3.63, 3.8) is 0 Å². The van der Waals surface area contributed by atoms with Gasteiger partial charge in [0.05, 0.1) is 6.61 Å². The van der Waals surface area contributed by atoms with Gasteiger partial charge in [-0.3, -0.25) is 0 Å². The maximum atomic E-state index is 5.67. The molecule has 2 nitrogen and oxygen atoms in total. The molecule has 1 aromatic carbocycles. The van der Waals surface area contributed by atoms with Crippen molar-refractivity contribution in [3.05, 3.63) is 35.4 Å². The monoisotopic (exact) mass is 204 g/mol. The van der Waals surface area contributed by atoms with Crippen molar-refractivity contribution in [2.45, 2.75) is 13.3 Å². The molecule has 0 unspecified atom stereocenters. The third-order valence-corrected chi connectivity index (χ3v) is 2.47. The molecule has 0 aromatic heterocycles. The average molecular weight is 204 g/mol. The van der Waals surface area contributed by atoms with Crippen LogP contribution in [0.1, 0.15) is 18.1 Å². The molecule has 1 aliphatic carbocycles. The van der Waals surface area contributed by atoms with Crippen LogP contribution in [-0.2, 0) is 11.2 Å². The number of benzene rings is 1. The van der Waals surface area contributed by atoms with E-state index in [0.717, 1.165) is 18.8 Å². The minimum atomic E-state index is 0.623. The van der Waals surface area contributed by atoms with E-state index in [1.54, 1.807) is 0 Å². The molecule has 1 aromatic rings. The number of allylic oxidation sites excluding steroid dienone is 1. The summed E-state index contributed by atoms with van der Waals surface area (Å²) in [5.41, 5.74) is 2.58. The van der Waals surface area contributed by atoms with Crippen LogP contribution in [0.5, 0.6) is 5.75 Å². The molecule has 0 saturated carbocycles. The van der Waals surface area contributed by atoms with Gasteiger partial charge in [-0.2, -0.15) is 0 Å². The van der Waals surface area contributed by atoms with Crippen LogP contribution in [0, 0.1) is 0 Å². The molecule has 0 atom stereocenters. The quantitative estimate of drug-likeness (QED) is 0.686. The molecule has 0 spiro atoms. The zero-order valence-electron chi connectivity index (χ0n) is 9.03. The van der Waals surface area contributed by atoms with Crippen molar-refractivity contribution >= 4 is 6.08 Å². The van der Waals surface area contributed by atoms with Gasteiger partial charge < -0.3 is 9.47 Å². The summed E-state index contributed by atoms with van der Waals surface area (Å²) in [6.45, 7) is 4.02. The lowest BCUT2D eigenvalue weighted by atomic mass is 10.1. The van der Waals surface area contributed by atoms with E-state index in [-0.39, 0.29) is 0 Å². The molecule has 0 bridgehead atoms. The van der Waals surface area contributed by atoms with Gasteiger partial charge in [0.1, 0.15) is 12.4 Å². The molecular formula is C13H16O2. The first kappa shape index (κ1) is 10.2. The van der Waals surface area contributed by atoms with Gasteiger partial charge in [0.15, 0.2) is 0 Å². The van der Waals surface area contributed by atoms with E-state index < -0.39 is 0 Å². The van der Waals surface area contributed by atoms with Gasteiger partial charge in [-0.1, -0.05) is 24.3 Å². The molecule has 0 N–H and O–H groups in total. The summed E-state index contributed by atoms with van der Waals surface area (Å²) in [4.78, 5) is 0. The molecule has 0 saturated heterocycles. The number of fused-ring (bicyclic) bond motifs is 1. The van der Waals surface area contributed by atoms with Crippen molar-refractivity contribution < 1.29 is 9.47 Å². The fourth-order valence-electron chi connectivity index (χ4n) is 1.74. The third-order valence-electron chi connectivity index (χ3n) is 2.47. The average Bonchev–Trinajstić information content (AvgIpc) is 2.73. The largest absolute Gasteiger partial charge is 0.491 e. The van der Waals surface area contributed by atoms with Crippen LogP contribution in [0.3, 0.4) is 0 Å². The van der Waals surface area contributed by atoms with Gasteiger partial charge in [-0.25, -0.2) is 0 Å². The second-order valence-corrected chi connectivity index (χ2v) is 3.48. The Balaban J connectivity index is 1.97. The van der Waals surface area contributed by atoms with Gasteiger partial charge in [-0.05, 0) is 25.0 Å². The topological polar surface area (TPSA) is 18.5 Å². The normalized spacial score (nSPS) is 12.9. The van der Waals surface area contributed by atoms with Crippen molar-refractivity contribution in [1.29, 1.82) is 0 Å². The van der Waals surface area contributed by atoms with Gasteiger partial charge in [-0.15, -0.1) is 0 Å². The van der Waals surface area contributed by atoms with Crippen molar-refractivity contribution in [1.82, 2.24) is 0 Å². The van der Waals surface area contributed by atoms with Crippen LogP contribution in [0.15, 0.2) is 24.3 Å². The summed E-state index contributed by atoms with van der Waals surface area (Å²) in [5, 5.41) is 0. The first-order chi connectivity index (χ1) is 7.42. The highest BCUT2D eigenvalue weighted by Crippen LogP contribution is 2.28. The Morgan fingerprint density at radius 2 is 2.20 bits per heavy atom. The Bertz CT molecular complexity index is 356. The number of ether oxygens (including phenoxy) is 2. The van der Waals surface area contributed by atoms with Gasteiger partial charge in [0.2, 0.25) is 0 Å². The van der Waals surface area contributed by atoms with Crippen molar-refractivity contribution in [2.75, 3.05) is 19.8 Å². The molecule has 0 fully saturated rings. The fourth-order valence-corrected chi connectivity index (χ4v) is 1.74. The molecule has 80 valence electrons. The lowest BCUT2D eigenvalue weighted by Gasteiger charge is -2.09. The lowest BCUT2D eigenvalue weighted by molar-refractivity contribution is 0.110. The molecular weight excluding hydrogens is 188 g/mol. The molecule has 1 aliphatic rings. The standard InChI is InChI=1S/C13H16O2/c1-2-14-9-10-15-13-8-4-6-11-5-3-7-12(11)13/h3-4,6-8H,2,5,9-10H2,1H3. The second kappa shape index (κ2) is 4.99. The Labute approximate surface area is 90.5 Å². The molecule has 0 aliphatic heterocycles. The number of rotatable bonds is 5. The first-order valence-electron chi connectivity index (χ1n) is 5.41. The molecule has 2 heteroatoms. The SMILES string of the molecule is CCOCCOc1cccc2c1C=CC2. The zero-order valence-corrected chi connectivity index (χ0v) is 9.03. The fraction of sp³-hybridized carbons (Fsp3) is 0.385. The Kier molecular flexibility index (Phi) is 3.41. The van der Waals surface area contributed by atoms with E-state index in [4.69, 9.17) is 9.47 Å². The van der Waals surface area contributed by atoms with Crippen LogP contribution in [0.4, 0.5) is 0 Å². The summed E-state index contributed by atoms with van der Waals surface area (Å²) in [7, 11) is 0. The van der Waals surface area contributed by atoms with E-state index in [2.05, 4.69) is 18.2 Å². The first-order valence-corrected chi connectivity index (χ1v) is 5.41. The van der Waals surface area contributed by atoms with Crippen molar-refractivity contribution in [2.24, 2.45) is 0 Å². The lowest BCUT2D eigenvalue weighted by Crippen LogP contribution is -2.07. The molecule has 0 radical (unpaired) electrons. The summed E-state index contributed by atoms with van der Waals surface area (Å²) >= 11 is 0. The van der Waals surface area contributed by atoms with Gasteiger partial charge in [0, 0.05) is 12.2 Å². The van der Waals surface area contributed by atoms with Crippen LogP contribution >= 0.6 is 0 Å². The highest BCUT2D eigenvalue weighted by Gasteiger charge is 2.09. The third kappa shape index (κ3) is 2.39. The minimum absolute atomic E-state index is 0.623. The molecule has 2 rings (SSSR count). The van der Waals surface area contributed by atoms with Crippen LogP contribution in [-0.4, -0.2) is 19.8 Å². The second-order valence-electron chi connectivity index (χ2n) is 3.48. The molecule has 15 heavy (non-hydrogen) atoms.